The normalized spacial score (nSPS) is 13.2. The molecule has 0 amide bonds. The molecule has 3 heteroatoms. The predicted molar refractivity (Wildman–Crippen MR) is 206 cm³/mol. The fraction of sp³-hybridized carbons (Fsp3) is 0.152. The monoisotopic (exact) mass is 635 g/mol. The van der Waals surface area contributed by atoms with E-state index in [1.54, 1.807) is 0 Å². The largest absolute Gasteiger partial charge is 0.309 e. The van der Waals surface area contributed by atoms with E-state index < -0.39 is 0 Å². The number of rotatable bonds is 5. The van der Waals surface area contributed by atoms with Gasteiger partial charge in [0.15, 0.2) is 0 Å². The van der Waals surface area contributed by atoms with Gasteiger partial charge in [-0.1, -0.05) is 129 Å². The molecule has 0 atom stereocenters. The van der Waals surface area contributed by atoms with E-state index in [4.69, 9.17) is 5.10 Å². The quantitative estimate of drug-likeness (QED) is 0.188. The maximum Gasteiger partial charge on any atom is 0.101 e. The first-order valence-corrected chi connectivity index (χ1v) is 17.2. The number of aromatic nitrogens is 2. The van der Waals surface area contributed by atoms with Crippen LogP contribution in [0.25, 0.3) is 39.3 Å². The average Bonchev–Trinajstić information content (AvgIpc) is 3.54. The zero-order valence-corrected chi connectivity index (χ0v) is 29.1. The first-order valence-electron chi connectivity index (χ1n) is 17.2. The summed E-state index contributed by atoms with van der Waals surface area (Å²) in [6, 6.07) is 49.8. The number of anilines is 3. The summed E-state index contributed by atoms with van der Waals surface area (Å²) in [4.78, 5) is 2.52. The van der Waals surface area contributed by atoms with Crippen molar-refractivity contribution in [3.05, 3.63) is 173 Å². The Bertz CT molecular complexity index is 2250. The highest BCUT2D eigenvalue weighted by Gasteiger charge is 2.38. The molecule has 0 saturated carbocycles. The first kappa shape index (κ1) is 30.7. The fourth-order valence-corrected chi connectivity index (χ4v) is 7.98. The number of nitrogens with zero attached hydrogens (tertiary/aromatic N) is 3. The van der Waals surface area contributed by atoms with Crippen molar-refractivity contribution in [2.45, 2.75) is 47.0 Å². The number of para-hydroxylation sites is 3. The summed E-state index contributed by atoms with van der Waals surface area (Å²) in [5.41, 5.74) is 19.1. The minimum absolute atomic E-state index is 0.114. The molecule has 1 aromatic heterocycles. The summed E-state index contributed by atoms with van der Waals surface area (Å²) in [5.74, 6) is 0. The molecule has 0 aliphatic carbocycles. The standard InChI is InChI=1S/C46H41N3/c1-30-32(3)44(48-39-28-18-16-26-37(39)46(5,6)38-27-17-19-29-40(38)48)33(4)31(2)41(30)42-43(34-20-10-7-11-21-34)47-49(36-24-14-9-15-25-36)45(42)35-22-12-8-13-23-35/h7-29H,1-6H3. The van der Waals surface area contributed by atoms with Crippen LogP contribution in [-0.4, -0.2) is 9.78 Å². The molecule has 0 fully saturated rings. The lowest BCUT2D eigenvalue weighted by atomic mass is 9.73. The highest BCUT2D eigenvalue weighted by Crippen LogP contribution is 2.55. The van der Waals surface area contributed by atoms with Crippen LogP contribution in [0.4, 0.5) is 17.1 Å². The molecule has 1 aliphatic heterocycles. The van der Waals surface area contributed by atoms with Crippen LogP contribution in [-0.2, 0) is 5.41 Å². The number of fused-ring (bicyclic) bond motifs is 2. The van der Waals surface area contributed by atoms with Gasteiger partial charge in [-0.15, -0.1) is 0 Å². The molecule has 0 bridgehead atoms. The van der Waals surface area contributed by atoms with E-state index in [1.165, 1.54) is 56.0 Å². The Morgan fingerprint density at radius 2 is 0.918 bits per heavy atom. The lowest BCUT2D eigenvalue weighted by Gasteiger charge is -2.43. The van der Waals surface area contributed by atoms with Crippen LogP contribution in [0.2, 0.25) is 0 Å². The van der Waals surface area contributed by atoms with Crippen molar-refractivity contribution in [3.8, 4) is 39.3 Å². The molecule has 2 heterocycles. The third-order valence-corrected chi connectivity index (χ3v) is 10.7. The molecular formula is C46H41N3. The van der Waals surface area contributed by atoms with E-state index in [0.717, 1.165) is 33.8 Å². The highest BCUT2D eigenvalue weighted by atomic mass is 15.3. The van der Waals surface area contributed by atoms with E-state index in [0.29, 0.717) is 0 Å². The molecule has 0 unspecified atom stereocenters. The number of hydrogen-bond acceptors (Lipinski definition) is 2. The van der Waals surface area contributed by atoms with Gasteiger partial charge in [-0.2, -0.15) is 5.10 Å². The Morgan fingerprint density at radius 3 is 1.45 bits per heavy atom. The molecule has 1 aliphatic rings. The molecule has 49 heavy (non-hydrogen) atoms. The average molecular weight is 636 g/mol. The van der Waals surface area contributed by atoms with E-state index in [9.17, 15) is 0 Å². The molecule has 0 saturated heterocycles. The Morgan fingerprint density at radius 1 is 0.469 bits per heavy atom. The lowest BCUT2D eigenvalue weighted by molar-refractivity contribution is 0.631. The first-order chi connectivity index (χ1) is 23.8. The van der Waals surface area contributed by atoms with Crippen molar-refractivity contribution in [2.75, 3.05) is 4.90 Å². The second-order valence-corrected chi connectivity index (χ2v) is 13.8. The van der Waals surface area contributed by atoms with Crippen LogP contribution < -0.4 is 4.90 Å². The molecule has 3 nitrogen and oxygen atoms in total. The van der Waals surface area contributed by atoms with Gasteiger partial charge in [-0.3, -0.25) is 0 Å². The van der Waals surface area contributed by atoms with E-state index in [1.807, 2.05) is 0 Å². The molecule has 0 spiro atoms. The summed E-state index contributed by atoms with van der Waals surface area (Å²) in [6.07, 6.45) is 0. The Labute approximate surface area is 290 Å². The van der Waals surface area contributed by atoms with Gasteiger partial charge < -0.3 is 4.90 Å². The zero-order valence-electron chi connectivity index (χ0n) is 29.1. The summed E-state index contributed by atoms with van der Waals surface area (Å²) in [7, 11) is 0. The van der Waals surface area contributed by atoms with Gasteiger partial charge in [0.1, 0.15) is 5.69 Å². The second-order valence-electron chi connectivity index (χ2n) is 13.8. The van der Waals surface area contributed by atoms with Crippen molar-refractivity contribution >= 4 is 17.1 Å². The summed E-state index contributed by atoms with van der Waals surface area (Å²) < 4.78 is 2.14. The van der Waals surface area contributed by atoms with E-state index in [2.05, 4.69) is 191 Å². The van der Waals surface area contributed by atoms with Gasteiger partial charge in [0.2, 0.25) is 0 Å². The SMILES string of the molecule is Cc1c(C)c(N2c3ccccc3C(C)(C)c3ccccc32)c(C)c(C)c1-c1c(-c2ccccc2)nn(-c2ccccc2)c1-c1ccccc1. The van der Waals surface area contributed by atoms with Crippen molar-refractivity contribution in [2.24, 2.45) is 0 Å². The van der Waals surface area contributed by atoms with Crippen molar-refractivity contribution in [1.29, 1.82) is 0 Å². The summed E-state index contributed by atoms with van der Waals surface area (Å²) in [6.45, 7) is 13.9. The van der Waals surface area contributed by atoms with Crippen molar-refractivity contribution in [1.82, 2.24) is 9.78 Å². The van der Waals surface area contributed by atoms with Crippen LogP contribution in [0.3, 0.4) is 0 Å². The third-order valence-electron chi connectivity index (χ3n) is 10.7. The van der Waals surface area contributed by atoms with Crippen LogP contribution >= 0.6 is 0 Å². The predicted octanol–water partition coefficient (Wildman–Crippen LogP) is 12.2. The molecule has 8 rings (SSSR count). The maximum absolute atomic E-state index is 5.44. The summed E-state index contributed by atoms with van der Waals surface area (Å²) >= 11 is 0. The van der Waals surface area contributed by atoms with Crippen LogP contribution in [0.5, 0.6) is 0 Å². The van der Waals surface area contributed by atoms with Gasteiger partial charge in [0, 0.05) is 22.1 Å². The minimum atomic E-state index is -0.114. The third kappa shape index (κ3) is 4.76. The van der Waals surface area contributed by atoms with Gasteiger partial charge >= 0.3 is 0 Å². The molecule has 7 aromatic rings. The Hall–Kier alpha value is -5.67. The molecule has 6 aromatic carbocycles. The van der Waals surface area contributed by atoms with E-state index in [-0.39, 0.29) is 5.41 Å². The smallest absolute Gasteiger partial charge is 0.101 e. The van der Waals surface area contributed by atoms with Gasteiger partial charge in [-0.05, 0) is 90.9 Å². The summed E-state index contributed by atoms with van der Waals surface area (Å²) in [5, 5.41) is 5.44. The van der Waals surface area contributed by atoms with Crippen molar-refractivity contribution < 1.29 is 0 Å². The topological polar surface area (TPSA) is 21.1 Å². The second kappa shape index (κ2) is 11.8. The maximum atomic E-state index is 5.44. The van der Waals surface area contributed by atoms with Crippen LogP contribution in [0.1, 0.15) is 47.2 Å². The molecule has 0 N–H and O–H groups in total. The lowest BCUT2D eigenvalue weighted by Crippen LogP contribution is -2.31. The van der Waals surface area contributed by atoms with Gasteiger partial charge in [0.25, 0.3) is 0 Å². The van der Waals surface area contributed by atoms with Gasteiger partial charge in [0.05, 0.1) is 28.4 Å². The Kier molecular flexibility index (Phi) is 7.37. The highest BCUT2D eigenvalue weighted by molar-refractivity contribution is 5.98. The number of benzene rings is 6. The minimum Gasteiger partial charge on any atom is -0.309 e. The van der Waals surface area contributed by atoms with Crippen molar-refractivity contribution in [3.63, 3.8) is 0 Å². The van der Waals surface area contributed by atoms with Crippen LogP contribution in [0.15, 0.2) is 140 Å². The Balaban J connectivity index is 1.46. The zero-order chi connectivity index (χ0) is 33.9. The molecule has 240 valence electrons. The fourth-order valence-electron chi connectivity index (χ4n) is 7.98. The van der Waals surface area contributed by atoms with E-state index >= 15 is 0 Å². The van der Waals surface area contributed by atoms with Crippen LogP contribution in [0, 0.1) is 27.7 Å². The number of hydrogen-bond donors (Lipinski definition) is 0. The molecule has 0 radical (unpaired) electrons. The van der Waals surface area contributed by atoms with Gasteiger partial charge in [-0.25, -0.2) is 4.68 Å². The molecular weight excluding hydrogens is 595 g/mol.